The second-order valence-corrected chi connectivity index (χ2v) is 5.36. The number of phenols is 1. The summed E-state index contributed by atoms with van der Waals surface area (Å²) >= 11 is 1.36. The van der Waals surface area contributed by atoms with Crippen LogP contribution in [0, 0.1) is 0 Å². The van der Waals surface area contributed by atoms with E-state index in [1.54, 1.807) is 0 Å². The number of aromatic hydroxyl groups is 1. The molecule has 0 aliphatic rings. The average Bonchev–Trinajstić information content (AvgIpc) is 2.06. The first kappa shape index (κ1) is 11.2. The third-order valence-corrected chi connectivity index (χ3v) is 2.85. The lowest BCUT2D eigenvalue weighted by molar-refractivity contribution is 0.474. The number of nitrogens with one attached hydrogen (secondary N) is 1. The van der Waals surface area contributed by atoms with Crippen LogP contribution in [-0.4, -0.2) is 26.0 Å². The number of hydrogen-bond donors (Lipinski definition) is 2. The van der Waals surface area contributed by atoms with Gasteiger partial charge in [-0.1, -0.05) is 0 Å². The van der Waals surface area contributed by atoms with E-state index in [2.05, 4.69) is 4.72 Å². The Morgan fingerprint density at radius 1 is 1.43 bits per heavy atom. The largest absolute Gasteiger partial charge is 0.508 e. The van der Waals surface area contributed by atoms with Gasteiger partial charge in [-0.15, -0.1) is 11.8 Å². The van der Waals surface area contributed by atoms with Crippen molar-refractivity contribution < 1.29 is 13.5 Å². The first-order valence-electron chi connectivity index (χ1n) is 3.77. The molecule has 1 aromatic carbocycles. The van der Waals surface area contributed by atoms with E-state index >= 15 is 0 Å². The molecule has 0 saturated carbocycles. The fourth-order valence-electron chi connectivity index (χ4n) is 0.964. The summed E-state index contributed by atoms with van der Waals surface area (Å²) in [6.45, 7) is 0. The van der Waals surface area contributed by atoms with Crippen molar-refractivity contribution in [3.8, 4) is 5.75 Å². The van der Waals surface area contributed by atoms with Gasteiger partial charge >= 0.3 is 0 Å². The molecule has 78 valence electrons. The van der Waals surface area contributed by atoms with E-state index in [9.17, 15) is 13.5 Å². The van der Waals surface area contributed by atoms with Crippen LogP contribution in [0.5, 0.6) is 5.75 Å². The second-order valence-electron chi connectivity index (χ2n) is 2.76. The lowest BCUT2D eigenvalue weighted by atomic mass is 10.3. The van der Waals surface area contributed by atoms with Crippen LogP contribution in [0.3, 0.4) is 0 Å². The van der Waals surface area contributed by atoms with Gasteiger partial charge in [0.1, 0.15) is 5.75 Å². The summed E-state index contributed by atoms with van der Waals surface area (Å²) in [5, 5.41) is 9.18. The molecule has 0 amide bonds. The number of sulfonamides is 1. The van der Waals surface area contributed by atoms with Gasteiger partial charge in [0.05, 0.1) is 11.9 Å². The number of benzene rings is 1. The van der Waals surface area contributed by atoms with Crippen molar-refractivity contribution in [1.29, 1.82) is 0 Å². The summed E-state index contributed by atoms with van der Waals surface area (Å²) in [5.74, 6) is 0.119. The van der Waals surface area contributed by atoms with E-state index in [-0.39, 0.29) is 5.75 Å². The average molecular weight is 233 g/mol. The van der Waals surface area contributed by atoms with E-state index in [1.165, 1.54) is 30.0 Å². The number of thioether (sulfide) groups is 1. The van der Waals surface area contributed by atoms with Gasteiger partial charge in [-0.25, -0.2) is 8.42 Å². The molecule has 0 unspecified atom stereocenters. The van der Waals surface area contributed by atoms with Crippen molar-refractivity contribution in [3.05, 3.63) is 18.2 Å². The van der Waals surface area contributed by atoms with Crippen LogP contribution in [0.1, 0.15) is 0 Å². The molecule has 1 aromatic rings. The molecule has 2 N–H and O–H groups in total. The zero-order valence-corrected chi connectivity index (χ0v) is 9.45. The van der Waals surface area contributed by atoms with E-state index < -0.39 is 10.0 Å². The van der Waals surface area contributed by atoms with Crippen LogP contribution in [0.25, 0.3) is 0 Å². The molecule has 6 heteroatoms. The van der Waals surface area contributed by atoms with Crippen molar-refractivity contribution in [1.82, 2.24) is 0 Å². The minimum absolute atomic E-state index is 0.119. The number of rotatable bonds is 3. The molecule has 0 fully saturated rings. The Hall–Kier alpha value is -0.880. The van der Waals surface area contributed by atoms with Gasteiger partial charge in [0.25, 0.3) is 0 Å². The Kier molecular flexibility index (Phi) is 3.28. The molecular weight excluding hydrogens is 222 g/mol. The summed E-state index contributed by atoms with van der Waals surface area (Å²) in [7, 11) is -3.27. The van der Waals surface area contributed by atoms with Gasteiger partial charge in [0.2, 0.25) is 10.0 Å². The highest BCUT2D eigenvalue weighted by atomic mass is 32.2. The third kappa shape index (κ3) is 3.12. The molecule has 14 heavy (non-hydrogen) atoms. The quantitative estimate of drug-likeness (QED) is 0.613. The molecule has 1 rings (SSSR count). The van der Waals surface area contributed by atoms with Crippen LogP contribution in [0.4, 0.5) is 5.69 Å². The molecule has 0 atom stereocenters. The van der Waals surface area contributed by atoms with Gasteiger partial charge in [0, 0.05) is 4.90 Å². The SMILES string of the molecule is CSc1cc(O)ccc1NS(C)(=O)=O. The highest BCUT2D eigenvalue weighted by Crippen LogP contribution is 2.29. The van der Waals surface area contributed by atoms with E-state index in [0.717, 1.165) is 6.26 Å². The standard InChI is InChI=1S/C8H11NO3S2/c1-13-8-5-6(10)3-4-7(8)9-14(2,11)12/h3-5,9-10H,1-2H3. The third-order valence-electron chi connectivity index (χ3n) is 1.48. The van der Waals surface area contributed by atoms with Crippen LogP contribution in [-0.2, 0) is 10.0 Å². The Labute approximate surface area is 87.4 Å². The summed E-state index contributed by atoms with van der Waals surface area (Å²) in [6.07, 6.45) is 2.90. The first-order chi connectivity index (χ1) is 6.42. The molecule has 0 spiro atoms. The molecule has 0 saturated heterocycles. The minimum atomic E-state index is -3.27. The van der Waals surface area contributed by atoms with Gasteiger partial charge in [0.15, 0.2) is 0 Å². The minimum Gasteiger partial charge on any atom is -0.508 e. The van der Waals surface area contributed by atoms with Crippen LogP contribution in [0.2, 0.25) is 0 Å². The highest BCUT2D eigenvalue weighted by Gasteiger charge is 2.07. The Balaban J connectivity index is 3.09. The van der Waals surface area contributed by atoms with E-state index in [0.29, 0.717) is 10.6 Å². The fraction of sp³-hybridized carbons (Fsp3) is 0.250. The van der Waals surface area contributed by atoms with Crippen molar-refractivity contribution in [3.63, 3.8) is 0 Å². The molecule has 4 nitrogen and oxygen atoms in total. The number of anilines is 1. The zero-order valence-electron chi connectivity index (χ0n) is 7.81. The lowest BCUT2D eigenvalue weighted by Crippen LogP contribution is -2.10. The Bertz CT molecular complexity index is 428. The summed E-state index contributed by atoms with van der Waals surface area (Å²) < 4.78 is 24.3. The summed E-state index contributed by atoms with van der Waals surface area (Å²) in [4.78, 5) is 0.690. The lowest BCUT2D eigenvalue weighted by Gasteiger charge is -2.08. The molecule has 0 bridgehead atoms. The first-order valence-corrected chi connectivity index (χ1v) is 6.89. The molecule has 0 aromatic heterocycles. The molecular formula is C8H11NO3S2. The van der Waals surface area contributed by atoms with Crippen molar-refractivity contribution >= 4 is 27.5 Å². The smallest absolute Gasteiger partial charge is 0.229 e. The Morgan fingerprint density at radius 3 is 2.57 bits per heavy atom. The predicted octanol–water partition coefficient (Wildman–Crippen LogP) is 1.49. The maximum absolute atomic E-state index is 11.0. The number of phenolic OH excluding ortho intramolecular Hbond substituents is 1. The van der Waals surface area contributed by atoms with Crippen molar-refractivity contribution in [2.45, 2.75) is 4.90 Å². The van der Waals surface area contributed by atoms with E-state index in [1.807, 2.05) is 6.26 Å². The van der Waals surface area contributed by atoms with Gasteiger partial charge in [-0.2, -0.15) is 0 Å². The molecule has 0 radical (unpaired) electrons. The number of hydrogen-bond acceptors (Lipinski definition) is 4. The molecule has 0 heterocycles. The van der Waals surface area contributed by atoms with Crippen LogP contribution < -0.4 is 4.72 Å². The summed E-state index contributed by atoms with van der Waals surface area (Å²) in [6, 6.07) is 4.48. The monoisotopic (exact) mass is 233 g/mol. The van der Waals surface area contributed by atoms with Crippen LogP contribution >= 0.6 is 11.8 Å². The maximum Gasteiger partial charge on any atom is 0.229 e. The zero-order chi connectivity index (χ0) is 10.8. The molecule has 0 aliphatic heterocycles. The van der Waals surface area contributed by atoms with Crippen LogP contribution in [0.15, 0.2) is 23.1 Å². The van der Waals surface area contributed by atoms with Crippen molar-refractivity contribution in [2.75, 3.05) is 17.2 Å². The second kappa shape index (κ2) is 4.10. The highest BCUT2D eigenvalue weighted by molar-refractivity contribution is 7.99. The van der Waals surface area contributed by atoms with Gasteiger partial charge in [-0.05, 0) is 24.5 Å². The molecule has 0 aliphatic carbocycles. The van der Waals surface area contributed by atoms with Gasteiger partial charge in [-0.3, -0.25) is 4.72 Å². The van der Waals surface area contributed by atoms with Crippen molar-refractivity contribution in [2.24, 2.45) is 0 Å². The predicted molar refractivity (Wildman–Crippen MR) is 58.4 cm³/mol. The maximum atomic E-state index is 11.0. The topological polar surface area (TPSA) is 66.4 Å². The summed E-state index contributed by atoms with van der Waals surface area (Å²) in [5.41, 5.74) is 0.484. The Morgan fingerprint density at radius 2 is 2.07 bits per heavy atom. The fourth-order valence-corrected chi connectivity index (χ4v) is 2.18. The van der Waals surface area contributed by atoms with E-state index in [4.69, 9.17) is 0 Å². The normalized spacial score (nSPS) is 11.3. The van der Waals surface area contributed by atoms with Gasteiger partial charge < -0.3 is 5.11 Å².